The second-order valence-corrected chi connectivity index (χ2v) is 7.42. The van der Waals surface area contributed by atoms with Gasteiger partial charge in [0.15, 0.2) is 0 Å². The van der Waals surface area contributed by atoms with Crippen LogP contribution in [0.1, 0.15) is 44.4 Å². The number of nitrogens with zero attached hydrogens (tertiary/aromatic N) is 1. The standard InChI is InChI=1S/C19H21F3N2O/c1-18(2,3)16-13-7-5-4-6-12(13)8-9-14(16)17(19(20,21)22)24-11-10-15(25)23-24/h4-9,17H,10-11H2,1-3H3,(H,23,25). The Hall–Kier alpha value is -2.08. The van der Waals surface area contributed by atoms with E-state index in [9.17, 15) is 18.0 Å². The highest BCUT2D eigenvalue weighted by molar-refractivity contribution is 5.88. The zero-order valence-electron chi connectivity index (χ0n) is 14.4. The lowest BCUT2D eigenvalue weighted by atomic mass is 9.78. The number of hydrogen-bond donors (Lipinski definition) is 1. The molecule has 2 aromatic carbocycles. The Labute approximate surface area is 144 Å². The molecule has 1 amide bonds. The van der Waals surface area contributed by atoms with E-state index in [1.807, 2.05) is 45.0 Å². The molecule has 0 saturated carbocycles. The molecule has 0 aromatic heterocycles. The molecule has 1 fully saturated rings. The number of benzene rings is 2. The van der Waals surface area contributed by atoms with Crippen LogP contribution >= 0.6 is 0 Å². The predicted octanol–water partition coefficient (Wildman–Crippen LogP) is 4.48. The van der Waals surface area contributed by atoms with Gasteiger partial charge in [0.1, 0.15) is 6.04 Å². The van der Waals surface area contributed by atoms with Gasteiger partial charge in [-0.3, -0.25) is 10.2 Å². The topological polar surface area (TPSA) is 32.3 Å². The first kappa shape index (κ1) is 17.7. The Morgan fingerprint density at radius 2 is 1.76 bits per heavy atom. The van der Waals surface area contributed by atoms with Crippen LogP contribution in [0.25, 0.3) is 10.8 Å². The van der Waals surface area contributed by atoms with Crippen LogP contribution in [-0.2, 0) is 10.2 Å². The summed E-state index contributed by atoms with van der Waals surface area (Å²) in [5, 5.41) is 2.73. The molecule has 3 nitrogen and oxygen atoms in total. The van der Waals surface area contributed by atoms with Gasteiger partial charge in [-0.1, -0.05) is 57.2 Å². The Bertz CT molecular complexity index is 808. The van der Waals surface area contributed by atoms with Gasteiger partial charge < -0.3 is 0 Å². The number of carbonyl (C=O) groups excluding carboxylic acids is 1. The van der Waals surface area contributed by atoms with Gasteiger partial charge in [0, 0.05) is 13.0 Å². The van der Waals surface area contributed by atoms with E-state index in [2.05, 4.69) is 5.43 Å². The van der Waals surface area contributed by atoms with E-state index in [0.717, 1.165) is 15.8 Å². The minimum Gasteiger partial charge on any atom is -0.288 e. The quantitative estimate of drug-likeness (QED) is 0.866. The Morgan fingerprint density at radius 1 is 1.08 bits per heavy atom. The van der Waals surface area contributed by atoms with Gasteiger partial charge in [-0.2, -0.15) is 13.2 Å². The SMILES string of the molecule is CC(C)(C)c1c(C(N2CCC(=O)N2)C(F)(F)F)ccc2ccccc12. The van der Waals surface area contributed by atoms with Crippen molar-refractivity contribution in [3.05, 3.63) is 47.5 Å². The third kappa shape index (κ3) is 3.35. The maximum atomic E-state index is 14.0. The Morgan fingerprint density at radius 3 is 2.32 bits per heavy atom. The zero-order valence-corrected chi connectivity index (χ0v) is 14.4. The number of nitrogens with one attached hydrogen (secondary N) is 1. The first-order valence-corrected chi connectivity index (χ1v) is 8.24. The molecule has 1 N–H and O–H groups in total. The fourth-order valence-corrected chi connectivity index (χ4v) is 3.56. The number of halogens is 3. The molecule has 1 saturated heterocycles. The van der Waals surface area contributed by atoms with Crippen molar-refractivity contribution in [1.29, 1.82) is 0 Å². The molecule has 3 rings (SSSR count). The summed E-state index contributed by atoms with van der Waals surface area (Å²) in [6.07, 6.45) is -4.43. The van der Waals surface area contributed by atoms with Crippen LogP contribution in [0.5, 0.6) is 0 Å². The molecule has 0 radical (unpaired) electrons. The monoisotopic (exact) mass is 350 g/mol. The van der Waals surface area contributed by atoms with Gasteiger partial charge in [0.2, 0.25) is 5.91 Å². The highest BCUT2D eigenvalue weighted by atomic mass is 19.4. The molecule has 1 unspecified atom stereocenters. The first-order valence-electron chi connectivity index (χ1n) is 8.24. The first-order chi connectivity index (χ1) is 11.6. The number of hydrogen-bond acceptors (Lipinski definition) is 2. The summed E-state index contributed by atoms with van der Waals surface area (Å²) in [5.41, 5.74) is 2.73. The number of amides is 1. The summed E-state index contributed by atoms with van der Waals surface area (Å²) < 4.78 is 41.9. The van der Waals surface area contributed by atoms with Gasteiger partial charge in [-0.05, 0) is 27.3 Å². The maximum absolute atomic E-state index is 14.0. The molecule has 1 aliphatic rings. The molecule has 25 heavy (non-hydrogen) atoms. The van der Waals surface area contributed by atoms with Crippen molar-refractivity contribution in [2.75, 3.05) is 6.54 Å². The van der Waals surface area contributed by atoms with E-state index in [0.29, 0.717) is 5.56 Å². The fourth-order valence-electron chi connectivity index (χ4n) is 3.56. The summed E-state index contributed by atoms with van der Waals surface area (Å²) in [5.74, 6) is -0.382. The molecule has 6 heteroatoms. The zero-order chi connectivity index (χ0) is 18.4. The van der Waals surface area contributed by atoms with Crippen LogP contribution in [0.15, 0.2) is 36.4 Å². The van der Waals surface area contributed by atoms with E-state index in [-0.39, 0.29) is 24.4 Å². The largest absolute Gasteiger partial charge is 0.409 e. The number of rotatable bonds is 2. The lowest BCUT2D eigenvalue weighted by Gasteiger charge is -2.34. The van der Waals surface area contributed by atoms with Crippen LogP contribution in [0.4, 0.5) is 13.2 Å². The highest BCUT2D eigenvalue weighted by Gasteiger charge is 2.48. The van der Waals surface area contributed by atoms with Crippen molar-refractivity contribution in [2.24, 2.45) is 0 Å². The van der Waals surface area contributed by atoms with Crippen molar-refractivity contribution >= 4 is 16.7 Å². The maximum Gasteiger partial charge on any atom is 0.409 e. The van der Waals surface area contributed by atoms with Crippen LogP contribution < -0.4 is 5.43 Å². The highest BCUT2D eigenvalue weighted by Crippen LogP contribution is 2.44. The van der Waals surface area contributed by atoms with Gasteiger partial charge in [-0.15, -0.1) is 0 Å². The Kier molecular flexibility index (Phi) is 4.27. The third-order valence-corrected chi connectivity index (χ3v) is 4.48. The van der Waals surface area contributed by atoms with E-state index in [4.69, 9.17) is 0 Å². The van der Waals surface area contributed by atoms with Gasteiger partial charge in [0.05, 0.1) is 0 Å². The normalized spacial score (nSPS) is 17.8. The summed E-state index contributed by atoms with van der Waals surface area (Å²) >= 11 is 0. The predicted molar refractivity (Wildman–Crippen MR) is 90.9 cm³/mol. The van der Waals surface area contributed by atoms with Gasteiger partial charge in [0.25, 0.3) is 0 Å². The second-order valence-electron chi connectivity index (χ2n) is 7.42. The van der Waals surface area contributed by atoms with E-state index in [1.165, 1.54) is 0 Å². The summed E-state index contributed by atoms with van der Waals surface area (Å²) in [6.45, 7) is 5.77. The summed E-state index contributed by atoms with van der Waals surface area (Å²) in [7, 11) is 0. The molecule has 1 atom stereocenters. The summed E-state index contributed by atoms with van der Waals surface area (Å²) in [4.78, 5) is 11.5. The van der Waals surface area contributed by atoms with Crippen LogP contribution in [0.3, 0.4) is 0 Å². The van der Waals surface area contributed by atoms with Crippen molar-refractivity contribution in [1.82, 2.24) is 10.4 Å². The van der Waals surface area contributed by atoms with Crippen LogP contribution in [-0.4, -0.2) is 23.6 Å². The molecule has 0 bridgehead atoms. The van der Waals surface area contributed by atoms with Crippen LogP contribution in [0, 0.1) is 0 Å². The molecule has 1 aliphatic heterocycles. The van der Waals surface area contributed by atoms with Gasteiger partial charge in [-0.25, -0.2) is 5.01 Å². The van der Waals surface area contributed by atoms with Crippen LogP contribution in [0.2, 0.25) is 0 Å². The molecule has 0 spiro atoms. The number of alkyl halides is 3. The van der Waals surface area contributed by atoms with E-state index >= 15 is 0 Å². The number of carbonyl (C=O) groups is 1. The van der Waals surface area contributed by atoms with E-state index < -0.39 is 17.6 Å². The minimum atomic E-state index is -4.50. The summed E-state index contributed by atoms with van der Waals surface area (Å²) in [6, 6.07) is 8.86. The van der Waals surface area contributed by atoms with Crippen molar-refractivity contribution in [2.45, 2.75) is 44.8 Å². The molecule has 1 heterocycles. The molecule has 0 aliphatic carbocycles. The third-order valence-electron chi connectivity index (χ3n) is 4.48. The molecule has 2 aromatic rings. The average molecular weight is 350 g/mol. The average Bonchev–Trinajstić information content (AvgIpc) is 2.90. The van der Waals surface area contributed by atoms with Crippen molar-refractivity contribution in [3.8, 4) is 0 Å². The lowest BCUT2D eigenvalue weighted by Crippen LogP contribution is -2.44. The van der Waals surface area contributed by atoms with E-state index in [1.54, 1.807) is 12.1 Å². The van der Waals surface area contributed by atoms with Crippen molar-refractivity contribution < 1.29 is 18.0 Å². The molecular weight excluding hydrogens is 329 g/mol. The minimum absolute atomic E-state index is 0.0411. The fraction of sp³-hybridized carbons (Fsp3) is 0.421. The molecule has 134 valence electrons. The van der Waals surface area contributed by atoms with Crippen molar-refractivity contribution in [3.63, 3.8) is 0 Å². The van der Waals surface area contributed by atoms with Gasteiger partial charge >= 0.3 is 6.18 Å². The number of fused-ring (bicyclic) bond motifs is 1. The lowest BCUT2D eigenvalue weighted by molar-refractivity contribution is -0.191. The molecular formula is C19H21F3N2O. The second kappa shape index (κ2) is 6.02. The smallest absolute Gasteiger partial charge is 0.288 e. The number of hydrazine groups is 1. The Balaban J connectivity index is 2.26.